The predicted octanol–water partition coefficient (Wildman–Crippen LogP) is 3.45. The van der Waals surface area contributed by atoms with Gasteiger partial charge < -0.3 is 5.32 Å². The molecule has 2 aromatic rings. The van der Waals surface area contributed by atoms with Crippen molar-refractivity contribution < 1.29 is 4.79 Å². The Morgan fingerprint density at radius 2 is 2.17 bits per heavy atom. The van der Waals surface area contributed by atoms with Crippen molar-refractivity contribution in [3.05, 3.63) is 52.0 Å². The first-order valence-corrected chi connectivity index (χ1v) is 9.15. The van der Waals surface area contributed by atoms with Crippen molar-refractivity contribution in [3.63, 3.8) is 0 Å². The highest BCUT2D eigenvalue weighted by Gasteiger charge is 2.19. The zero-order valence-electron chi connectivity index (χ0n) is 13.5. The summed E-state index contributed by atoms with van der Waals surface area (Å²) in [5, 5.41) is 4.75. The maximum Gasteiger partial charge on any atom is 0.271 e. The van der Waals surface area contributed by atoms with Gasteiger partial charge in [0, 0.05) is 24.5 Å². The van der Waals surface area contributed by atoms with Crippen LogP contribution < -0.4 is 5.32 Å². The molecule has 4 nitrogen and oxygen atoms in total. The molecule has 1 aliphatic rings. The van der Waals surface area contributed by atoms with Gasteiger partial charge in [-0.1, -0.05) is 30.7 Å². The molecule has 0 radical (unpaired) electrons. The van der Waals surface area contributed by atoms with Crippen LogP contribution in [0.3, 0.4) is 0 Å². The number of piperidine rings is 1. The predicted molar refractivity (Wildman–Crippen MR) is 93.4 cm³/mol. The molecular formula is C18H23N3OS. The third-order valence-electron chi connectivity index (χ3n) is 4.54. The number of amides is 1. The highest BCUT2D eigenvalue weighted by atomic mass is 32.1. The van der Waals surface area contributed by atoms with Gasteiger partial charge in [-0.3, -0.25) is 9.69 Å². The smallest absolute Gasteiger partial charge is 0.271 e. The second-order valence-electron chi connectivity index (χ2n) is 6.14. The number of rotatable bonds is 5. The van der Waals surface area contributed by atoms with Gasteiger partial charge in [0.15, 0.2) is 0 Å². The van der Waals surface area contributed by atoms with E-state index in [1.807, 2.05) is 6.07 Å². The number of hydrogen-bond acceptors (Lipinski definition) is 4. The summed E-state index contributed by atoms with van der Waals surface area (Å²) < 4.78 is 0. The molecule has 0 aliphatic carbocycles. The lowest BCUT2D eigenvalue weighted by Gasteiger charge is -2.33. The summed E-state index contributed by atoms with van der Waals surface area (Å²) in [5.41, 5.74) is 4.67. The topological polar surface area (TPSA) is 45.2 Å². The first-order chi connectivity index (χ1) is 11.2. The second-order valence-corrected chi connectivity index (χ2v) is 6.86. The molecule has 5 heteroatoms. The van der Waals surface area contributed by atoms with Crippen LogP contribution in [0.25, 0.3) is 0 Å². The van der Waals surface area contributed by atoms with Crippen LogP contribution in [0.15, 0.2) is 35.2 Å². The Balaban J connectivity index is 1.64. The van der Waals surface area contributed by atoms with E-state index in [1.54, 1.807) is 10.9 Å². The Hall–Kier alpha value is -1.72. The first kappa shape index (κ1) is 16.1. The normalized spacial score (nSPS) is 18.7. The van der Waals surface area contributed by atoms with Gasteiger partial charge in [-0.2, -0.15) is 0 Å². The number of carbonyl (C=O) groups is 1. The molecule has 0 bridgehead atoms. The third kappa shape index (κ3) is 4.18. The van der Waals surface area contributed by atoms with Gasteiger partial charge in [-0.05, 0) is 37.4 Å². The van der Waals surface area contributed by atoms with Crippen LogP contribution in [0.2, 0.25) is 0 Å². The van der Waals surface area contributed by atoms with Gasteiger partial charge in [0.2, 0.25) is 0 Å². The SMILES string of the molecule is CC1CCCCN1Cc1ccccc1CNC(=O)c1cscn1. The molecule has 23 heavy (non-hydrogen) atoms. The second kappa shape index (κ2) is 7.70. The Morgan fingerprint density at radius 1 is 1.35 bits per heavy atom. The highest BCUT2D eigenvalue weighted by molar-refractivity contribution is 7.07. The van der Waals surface area contributed by atoms with Crippen molar-refractivity contribution in [2.24, 2.45) is 0 Å². The monoisotopic (exact) mass is 329 g/mol. The van der Waals surface area contributed by atoms with Crippen LogP contribution in [0.4, 0.5) is 0 Å². The number of likely N-dealkylation sites (tertiary alicyclic amines) is 1. The molecule has 1 aromatic heterocycles. The van der Waals surface area contributed by atoms with Crippen LogP contribution in [0.1, 0.15) is 47.8 Å². The van der Waals surface area contributed by atoms with Crippen molar-refractivity contribution in [1.82, 2.24) is 15.2 Å². The minimum atomic E-state index is -0.104. The molecule has 1 aliphatic heterocycles. The van der Waals surface area contributed by atoms with Gasteiger partial charge in [0.05, 0.1) is 5.51 Å². The van der Waals surface area contributed by atoms with E-state index in [-0.39, 0.29) is 5.91 Å². The lowest BCUT2D eigenvalue weighted by molar-refractivity contribution is 0.0946. The molecule has 122 valence electrons. The zero-order valence-corrected chi connectivity index (χ0v) is 14.3. The number of nitrogens with one attached hydrogen (secondary N) is 1. The first-order valence-electron chi connectivity index (χ1n) is 8.21. The van der Waals surface area contributed by atoms with Crippen molar-refractivity contribution in [2.75, 3.05) is 6.54 Å². The number of hydrogen-bond donors (Lipinski definition) is 1. The van der Waals surface area contributed by atoms with Gasteiger partial charge in [-0.15, -0.1) is 11.3 Å². The summed E-state index contributed by atoms with van der Waals surface area (Å²) >= 11 is 1.44. The molecule has 1 atom stereocenters. The zero-order chi connectivity index (χ0) is 16.1. The summed E-state index contributed by atoms with van der Waals surface area (Å²) in [4.78, 5) is 18.7. The van der Waals surface area contributed by atoms with Crippen molar-refractivity contribution in [1.29, 1.82) is 0 Å². The number of nitrogens with zero attached hydrogens (tertiary/aromatic N) is 2. The fraction of sp³-hybridized carbons (Fsp3) is 0.444. The summed E-state index contributed by atoms with van der Waals surface area (Å²) in [5.74, 6) is -0.104. The Kier molecular flexibility index (Phi) is 5.41. The summed E-state index contributed by atoms with van der Waals surface area (Å²) in [6, 6.07) is 9.03. The van der Waals surface area contributed by atoms with Crippen molar-refractivity contribution >= 4 is 17.2 Å². The average molecular weight is 329 g/mol. The molecular weight excluding hydrogens is 306 g/mol. The minimum absolute atomic E-state index is 0.104. The van der Waals surface area contributed by atoms with Crippen LogP contribution in [0.5, 0.6) is 0 Å². The molecule has 1 N–H and O–H groups in total. The van der Waals surface area contributed by atoms with Gasteiger partial charge >= 0.3 is 0 Å². The maximum atomic E-state index is 12.1. The van der Waals surface area contributed by atoms with Crippen LogP contribution >= 0.6 is 11.3 Å². The molecule has 0 saturated carbocycles. The largest absolute Gasteiger partial charge is 0.347 e. The molecule has 3 rings (SSSR count). The third-order valence-corrected chi connectivity index (χ3v) is 5.12. The van der Waals surface area contributed by atoms with E-state index in [0.717, 1.165) is 6.54 Å². The van der Waals surface area contributed by atoms with Crippen LogP contribution in [0, 0.1) is 0 Å². The number of aromatic nitrogens is 1. The number of carbonyl (C=O) groups excluding carboxylic acids is 1. The minimum Gasteiger partial charge on any atom is -0.347 e. The van der Waals surface area contributed by atoms with E-state index < -0.39 is 0 Å². The Bertz CT molecular complexity index is 641. The Morgan fingerprint density at radius 3 is 2.91 bits per heavy atom. The average Bonchev–Trinajstić information content (AvgIpc) is 3.10. The number of benzene rings is 1. The highest BCUT2D eigenvalue weighted by Crippen LogP contribution is 2.20. The molecule has 1 amide bonds. The van der Waals surface area contributed by atoms with E-state index in [1.165, 1.54) is 48.3 Å². The molecule has 1 saturated heterocycles. The fourth-order valence-corrected chi connectivity index (χ4v) is 3.62. The van der Waals surface area contributed by atoms with E-state index >= 15 is 0 Å². The van der Waals surface area contributed by atoms with Crippen LogP contribution in [-0.4, -0.2) is 28.4 Å². The summed E-state index contributed by atoms with van der Waals surface area (Å²) in [6.07, 6.45) is 3.90. The Labute approximate surface area is 141 Å². The quantitative estimate of drug-likeness (QED) is 0.914. The van der Waals surface area contributed by atoms with E-state index in [9.17, 15) is 4.79 Å². The maximum absolute atomic E-state index is 12.1. The molecule has 1 aromatic carbocycles. The summed E-state index contributed by atoms with van der Waals surface area (Å²) in [7, 11) is 0. The fourth-order valence-electron chi connectivity index (χ4n) is 3.09. The van der Waals surface area contributed by atoms with Gasteiger partial charge in [-0.25, -0.2) is 4.98 Å². The van der Waals surface area contributed by atoms with E-state index in [0.29, 0.717) is 18.3 Å². The number of thiazole rings is 1. The summed E-state index contributed by atoms with van der Waals surface area (Å²) in [6.45, 7) is 4.99. The molecule has 0 spiro atoms. The molecule has 1 unspecified atom stereocenters. The van der Waals surface area contributed by atoms with Crippen LogP contribution in [-0.2, 0) is 13.1 Å². The van der Waals surface area contributed by atoms with Gasteiger partial charge in [0.25, 0.3) is 5.91 Å². The molecule has 2 heterocycles. The van der Waals surface area contributed by atoms with E-state index in [4.69, 9.17) is 0 Å². The van der Waals surface area contributed by atoms with E-state index in [2.05, 4.69) is 40.3 Å². The van der Waals surface area contributed by atoms with Gasteiger partial charge in [0.1, 0.15) is 5.69 Å². The lowest BCUT2D eigenvalue weighted by atomic mass is 10.0. The van der Waals surface area contributed by atoms with Crippen molar-refractivity contribution in [3.8, 4) is 0 Å². The standard InChI is InChI=1S/C18H23N3OS/c1-14-6-4-5-9-21(14)11-16-8-3-2-7-15(16)10-19-18(22)17-12-23-13-20-17/h2-3,7-8,12-14H,4-6,9-11H2,1H3,(H,19,22). The van der Waals surface area contributed by atoms with Crippen molar-refractivity contribution in [2.45, 2.75) is 45.3 Å². The molecule has 1 fully saturated rings. The lowest BCUT2D eigenvalue weighted by Crippen LogP contribution is -2.37.